The number of hydrogen-bond acceptors (Lipinski definition) is 4. The van der Waals surface area contributed by atoms with Crippen LogP contribution in [0.2, 0.25) is 5.28 Å². The first-order chi connectivity index (χ1) is 10.1. The van der Waals surface area contributed by atoms with E-state index >= 15 is 0 Å². The van der Waals surface area contributed by atoms with Crippen LogP contribution in [0.5, 0.6) is 0 Å². The van der Waals surface area contributed by atoms with Crippen molar-refractivity contribution in [3.63, 3.8) is 0 Å². The van der Waals surface area contributed by atoms with Gasteiger partial charge in [-0.1, -0.05) is 25.1 Å². The highest BCUT2D eigenvalue weighted by molar-refractivity contribution is 7.18. The summed E-state index contributed by atoms with van der Waals surface area (Å²) in [6.07, 6.45) is 0.992. The average molecular weight is 318 g/mol. The zero-order valence-electron chi connectivity index (χ0n) is 12.2. The third kappa shape index (κ3) is 2.61. The molecule has 3 aromatic rings. The van der Waals surface area contributed by atoms with Crippen LogP contribution in [0.15, 0.2) is 30.3 Å². The zero-order valence-corrected chi connectivity index (χ0v) is 13.8. The summed E-state index contributed by atoms with van der Waals surface area (Å²) < 4.78 is 0. The molecule has 0 bridgehead atoms. The van der Waals surface area contributed by atoms with Crippen LogP contribution < -0.4 is 4.90 Å². The van der Waals surface area contributed by atoms with E-state index in [1.165, 1.54) is 10.4 Å². The molecule has 2 aromatic heterocycles. The molecule has 0 aliphatic heterocycles. The summed E-state index contributed by atoms with van der Waals surface area (Å²) in [4.78, 5) is 13.1. The van der Waals surface area contributed by atoms with Gasteiger partial charge in [0.2, 0.25) is 5.28 Å². The molecule has 0 aliphatic carbocycles. The van der Waals surface area contributed by atoms with Gasteiger partial charge in [-0.25, -0.2) is 4.98 Å². The fourth-order valence-corrected chi connectivity index (χ4v) is 3.59. The Labute approximate surface area is 133 Å². The van der Waals surface area contributed by atoms with Crippen LogP contribution in [-0.4, -0.2) is 17.0 Å². The van der Waals surface area contributed by atoms with E-state index in [1.807, 2.05) is 19.2 Å². The Hall–Kier alpha value is -1.65. The molecule has 3 nitrogen and oxygen atoms in total. The lowest BCUT2D eigenvalue weighted by Crippen LogP contribution is -2.13. The van der Waals surface area contributed by atoms with Crippen LogP contribution in [0, 0.1) is 6.92 Å². The predicted molar refractivity (Wildman–Crippen MR) is 91.0 cm³/mol. The molecule has 3 rings (SSSR count). The Bertz CT molecular complexity index is 797. The lowest BCUT2D eigenvalue weighted by molar-refractivity contribution is 1.10. The van der Waals surface area contributed by atoms with E-state index in [2.05, 4.69) is 46.9 Å². The maximum Gasteiger partial charge on any atom is 0.225 e. The number of anilines is 2. The summed E-state index contributed by atoms with van der Waals surface area (Å²) in [6, 6.07) is 10.4. The van der Waals surface area contributed by atoms with Gasteiger partial charge in [0.15, 0.2) is 0 Å². The van der Waals surface area contributed by atoms with Crippen molar-refractivity contribution in [3.8, 4) is 0 Å². The van der Waals surface area contributed by atoms with E-state index < -0.39 is 0 Å². The molecular weight excluding hydrogens is 302 g/mol. The first kappa shape index (κ1) is 14.3. The van der Waals surface area contributed by atoms with Gasteiger partial charge in [0, 0.05) is 17.6 Å². The summed E-state index contributed by atoms with van der Waals surface area (Å²) >= 11 is 7.79. The SMILES string of the molecule is CCc1cc2c(N(C)c3ccccc3C)nc(Cl)nc2s1. The van der Waals surface area contributed by atoms with Crippen molar-refractivity contribution in [2.45, 2.75) is 20.3 Å². The third-order valence-electron chi connectivity index (χ3n) is 3.54. The molecule has 5 heteroatoms. The van der Waals surface area contributed by atoms with Crippen molar-refractivity contribution in [1.82, 2.24) is 9.97 Å². The monoisotopic (exact) mass is 317 g/mol. The highest BCUT2D eigenvalue weighted by atomic mass is 35.5. The smallest absolute Gasteiger partial charge is 0.225 e. The maximum absolute atomic E-state index is 6.11. The van der Waals surface area contributed by atoms with E-state index in [0.717, 1.165) is 28.1 Å². The third-order valence-corrected chi connectivity index (χ3v) is 4.88. The Balaban J connectivity index is 2.19. The van der Waals surface area contributed by atoms with Crippen LogP contribution in [0.1, 0.15) is 17.4 Å². The van der Waals surface area contributed by atoms with Gasteiger partial charge in [0.25, 0.3) is 0 Å². The first-order valence-electron chi connectivity index (χ1n) is 6.85. The molecule has 0 saturated carbocycles. The number of halogens is 1. The van der Waals surface area contributed by atoms with Crippen molar-refractivity contribution in [1.29, 1.82) is 0 Å². The second-order valence-electron chi connectivity index (χ2n) is 4.95. The highest BCUT2D eigenvalue weighted by Gasteiger charge is 2.16. The lowest BCUT2D eigenvalue weighted by Gasteiger charge is -2.21. The Morgan fingerprint density at radius 3 is 2.71 bits per heavy atom. The number of fused-ring (bicyclic) bond motifs is 1. The molecule has 2 heterocycles. The largest absolute Gasteiger partial charge is 0.329 e. The molecule has 0 saturated heterocycles. The van der Waals surface area contributed by atoms with E-state index in [9.17, 15) is 0 Å². The van der Waals surface area contributed by atoms with E-state index in [-0.39, 0.29) is 0 Å². The molecule has 0 N–H and O–H groups in total. The summed E-state index contributed by atoms with van der Waals surface area (Å²) in [7, 11) is 2.02. The number of aromatic nitrogens is 2. The second kappa shape index (κ2) is 5.62. The molecule has 108 valence electrons. The molecule has 0 spiro atoms. The molecule has 0 atom stereocenters. The van der Waals surface area contributed by atoms with Gasteiger partial charge in [0.1, 0.15) is 10.6 Å². The number of hydrogen-bond donors (Lipinski definition) is 0. The number of aryl methyl sites for hydroxylation is 2. The van der Waals surface area contributed by atoms with Gasteiger partial charge in [0.05, 0.1) is 5.39 Å². The van der Waals surface area contributed by atoms with Crippen LogP contribution >= 0.6 is 22.9 Å². The fourth-order valence-electron chi connectivity index (χ4n) is 2.41. The van der Waals surface area contributed by atoms with Crippen LogP contribution in [-0.2, 0) is 6.42 Å². The van der Waals surface area contributed by atoms with Gasteiger partial charge in [-0.3, -0.25) is 0 Å². The van der Waals surface area contributed by atoms with Gasteiger partial charge >= 0.3 is 0 Å². The minimum Gasteiger partial charge on any atom is -0.329 e. The average Bonchev–Trinajstić information content (AvgIpc) is 2.89. The predicted octanol–water partition coefficient (Wildman–Crippen LogP) is 4.98. The first-order valence-corrected chi connectivity index (χ1v) is 8.05. The van der Waals surface area contributed by atoms with Gasteiger partial charge in [-0.05, 0) is 42.6 Å². The zero-order chi connectivity index (χ0) is 15.0. The summed E-state index contributed by atoms with van der Waals surface area (Å²) in [5.74, 6) is 0.857. The Morgan fingerprint density at radius 2 is 2.00 bits per heavy atom. The highest BCUT2D eigenvalue weighted by Crippen LogP contribution is 2.35. The molecule has 1 aromatic carbocycles. The molecular formula is C16H16ClN3S. The van der Waals surface area contributed by atoms with E-state index in [1.54, 1.807) is 11.3 Å². The number of nitrogens with zero attached hydrogens (tertiary/aromatic N) is 3. The maximum atomic E-state index is 6.11. The van der Waals surface area contributed by atoms with Crippen molar-refractivity contribution >= 4 is 44.7 Å². The van der Waals surface area contributed by atoms with E-state index in [4.69, 9.17) is 11.6 Å². The Kier molecular flexibility index (Phi) is 3.83. The fraction of sp³-hybridized carbons (Fsp3) is 0.250. The lowest BCUT2D eigenvalue weighted by atomic mass is 10.2. The number of para-hydroxylation sites is 1. The molecule has 0 amide bonds. The van der Waals surface area contributed by atoms with Crippen molar-refractivity contribution < 1.29 is 0 Å². The number of thiophene rings is 1. The molecule has 0 fully saturated rings. The molecule has 0 radical (unpaired) electrons. The topological polar surface area (TPSA) is 29.0 Å². The second-order valence-corrected chi connectivity index (χ2v) is 6.40. The molecule has 0 aliphatic rings. The normalized spacial score (nSPS) is 11.0. The van der Waals surface area contributed by atoms with Crippen LogP contribution in [0.4, 0.5) is 11.5 Å². The molecule has 21 heavy (non-hydrogen) atoms. The number of benzene rings is 1. The van der Waals surface area contributed by atoms with Gasteiger partial charge in [-0.15, -0.1) is 11.3 Å². The van der Waals surface area contributed by atoms with Crippen molar-refractivity contribution in [3.05, 3.63) is 46.1 Å². The van der Waals surface area contributed by atoms with Crippen molar-refractivity contribution in [2.75, 3.05) is 11.9 Å². The summed E-state index contributed by atoms with van der Waals surface area (Å²) in [5.41, 5.74) is 2.33. The van der Waals surface area contributed by atoms with Gasteiger partial charge < -0.3 is 4.90 Å². The summed E-state index contributed by atoms with van der Waals surface area (Å²) in [5, 5.41) is 1.36. The van der Waals surface area contributed by atoms with Crippen LogP contribution in [0.3, 0.4) is 0 Å². The van der Waals surface area contributed by atoms with Gasteiger partial charge in [-0.2, -0.15) is 4.98 Å². The summed E-state index contributed by atoms with van der Waals surface area (Å²) in [6.45, 7) is 4.24. The standard InChI is InChI=1S/C16H16ClN3S/c1-4-11-9-12-14(18-16(17)19-15(12)21-11)20(3)13-8-6-5-7-10(13)2/h5-9H,4H2,1-3H3. The quantitative estimate of drug-likeness (QED) is 0.638. The number of rotatable bonds is 3. The van der Waals surface area contributed by atoms with Crippen LogP contribution in [0.25, 0.3) is 10.2 Å². The minimum atomic E-state index is 0.294. The molecule has 0 unspecified atom stereocenters. The van der Waals surface area contributed by atoms with E-state index in [0.29, 0.717) is 5.28 Å². The minimum absolute atomic E-state index is 0.294. The van der Waals surface area contributed by atoms with Crippen molar-refractivity contribution in [2.24, 2.45) is 0 Å². The Morgan fingerprint density at radius 1 is 1.24 bits per heavy atom.